The van der Waals surface area contributed by atoms with Gasteiger partial charge in [-0.15, -0.1) is 0 Å². The molecule has 0 unspecified atom stereocenters. The molecule has 0 radical (unpaired) electrons. The minimum atomic E-state index is 0.464. The smallest absolute Gasteiger partial charge is 0.126 e. The average molecular weight is 262 g/mol. The molecule has 0 saturated carbocycles. The largest absolute Gasteiger partial charge is 0.496 e. The molecule has 2 aromatic carbocycles. The Labute approximate surface area is 112 Å². The van der Waals surface area contributed by atoms with Crippen molar-refractivity contribution in [3.05, 3.63) is 52.5 Å². The molecule has 0 aliphatic heterocycles. The van der Waals surface area contributed by atoms with E-state index in [1.54, 1.807) is 7.11 Å². The number of aryl methyl sites for hydroxylation is 1. The van der Waals surface area contributed by atoms with Crippen LogP contribution in [0.1, 0.15) is 11.1 Å². The molecule has 0 aliphatic carbocycles. The number of hydrogen-bond acceptors (Lipinski definition) is 2. The van der Waals surface area contributed by atoms with E-state index >= 15 is 0 Å². The van der Waals surface area contributed by atoms with E-state index < -0.39 is 0 Å². The summed E-state index contributed by atoms with van der Waals surface area (Å²) in [7, 11) is 1.67. The van der Waals surface area contributed by atoms with Crippen molar-refractivity contribution in [1.29, 1.82) is 0 Å². The van der Waals surface area contributed by atoms with Crippen LogP contribution in [-0.2, 0) is 6.54 Å². The fraction of sp³-hybridized carbons (Fsp3) is 0.200. The first-order valence-electron chi connectivity index (χ1n) is 5.79. The van der Waals surface area contributed by atoms with E-state index in [1.165, 1.54) is 0 Å². The third kappa shape index (κ3) is 2.50. The van der Waals surface area contributed by atoms with Crippen LogP contribution in [-0.4, -0.2) is 7.11 Å². The number of rotatable bonds is 3. The molecule has 2 nitrogen and oxygen atoms in total. The van der Waals surface area contributed by atoms with Crippen molar-refractivity contribution in [3.63, 3.8) is 0 Å². The minimum Gasteiger partial charge on any atom is -0.496 e. The van der Waals surface area contributed by atoms with E-state index in [-0.39, 0.29) is 0 Å². The molecular formula is C15H16ClNO. The van der Waals surface area contributed by atoms with Crippen molar-refractivity contribution in [2.24, 2.45) is 5.73 Å². The normalized spacial score (nSPS) is 10.4. The minimum absolute atomic E-state index is 0.464. The lowest BCUT2D eigenvalue weighted by atomic mass is 9.99. The molecule has 0 amide bonds. The number of halogens is 1. The molecule has 3 heteroatoms. The monoisotopic (exact) mass is 261 g/mol. The molecule has 94 valence electrons. The van der Waals surface area contributed by atoms with Gasteiger partial charge in [-0.05, 0) is 47.9 Å². The van der Waals surface area contributed by atoms with Crippen molar-refractivity contribution < 1.29 is 4.74 Å². The zero-order chi connectivity index (χ0) is 13.1. The Bertz CT molecular complexity index is 549. The van der Waals surface area contributed by atoms with Gasteiger partial charge < -0.3 is 10.5 Å². The van der Waals surface area contributed by atoms with Crippen LogP contribution in [0.4, 0.5) is 0 Å². The first-order chi connectivity index (χ1) is 8.65. The van der Waals surface area contributed by atoms with Crippen molar-refractivity contribution >= 4 is 11.6 Å². The third-order valence-electron chi connectivity index (χ3n) is 2.95. The van der Waals surface area contributed by atoms with Crippen LogP contribution < -0.4 is 10.5 Å². The Morgan fingerprint density at radius 2 is 1.78 bits per heavy atom. The number of hydrogen-bond donors (Lipinski definition) is 1. The first kappa shape index (κ1) is 12.9. The molecule has 0 fully saturated rings. The molecule has 0 spiro atoms. The third-order valence-corrected chi connectivity index (χ3v) is 3.21. The van der Waals surface area contributed by atoms with Gasteiger partial charge in [0.05, 0.1) is 7.11 Å². The van der Waals surface area contributed by atoms with Gasteiger partial charge in [-0.1, -0.05) is 23.7 Å². The standard InChI is InChI=1S/C15H16ClNO/c1-10-7-12(8-13(9-17)15(10)18-2)11-3-5-14(16)6-4-11/h3-8H,9,17H2,1-2H3. The van der Waals surface area contributed by atoms with Crippen molar-refractivity contribution in [1.82, 2.24) is 0 Å². The van der Waals surface area contributed by atoms with Gasteiger partial charge in [0.2, 0.25) is 0 Å². The molecule has 18 heavy (non-hydrogen) atoms. The van der Waals surface area contributed by atoms with E-state index in [2.05, 4.69) is 12.1 Å². The second kappa shape index (κ2) is 5.42. The van der Waals surface area contributed by atoms with E-state index in [0.717, 1.165) is 33.0 Å². The Morgan fingerprint density at radius 1 is 1.11 bits per heavy atom. The summed E-state index contributed by atoms with van der Waals surface area (Å²) in [5.41, 5.74) is 10.1. The number of nitrogens with two attached hydrogens (primary N) is 1. The molecule has 0 saturated heterocycles. The van der Waals surface area contributed by atoms with Crippen molar-refractivity contribution in [2.75, 3.05) is 7.11 Å². The van der Waals surface area contributed by atoms with E-state index in [9.17, 15) is 0 Å². The molecule has 0 aliphatic rings. The zero-order valence-corrected chi connectivity index (χ0v) is 11.3. The van der Waals surface area contributed by atoms with E-state index in [0.29, 0.717) is 6.54 Å². The lowest BCUT2D eigenvalue weighted by Crippen LogP contribution is -2.02. The molecule has 2 rings (SSSR count). The maximum atomic E-state index is 5.90. The van der Waals surface area contributed by atoms with Crippen LogP contribution >= 0.6 is 11.6 Å². The summed E-state index contributed by atoms with van der Waals surface area (Å²) in [6, 6.07) is 11.9. The van der Waals surface area contributed by atoms with Gasteiger partial charge in [-0.25, -0.2) is 0 Å². The highest BCUT2D eigenvalue weighted by Gasteiger charge is 2.08. The van der Waals surface area contributed by atoms with Crippen LogP contribution in [0.15, 0.2) is 36.4 Å². The fourth-order valence-electron chi connectivity index (χ4n) is 2.10. The quantitative estimate of drug-likeness (QED) is 0.913. The molecular weight excluding hydrogens is 246 g/mol. The van der Waals surface area contributed by atoms with Crippen molar-refractivity contribution in [3.8, 4) is 16.9 Å². The van der Waals surface area contributed by atoms with Crippen LogP contribution in [0, 0.1) is 6.92 Å². The highest BCUT2D eigenvalue weighted by Crippen LogP contribution is 2.30. The molecule has 0 aromatic heterocycles. The van der Waals surface area contributed by atoms with Gasteiger partial charge in [-0.2, -0.15) is 0 Å². The SMILES string of the molecule is COc1c(C)cc(-c2ccc(Cl)cc2)cc1CN. The molecule has 0 atom stereocenters. The zero-order valence-electron chi connectivity index (χ0n) is 10.5. The van der Waals surface area contributed by atoms with Crippen LogP contribution in [0.5, 0.6) is 5.75 Å². The summed E-state index contributed by atoms with van der Waals surface area (Å²) < 4.78 is 5.38. The second-order valence-electron chi connectivity index (χ2n) is 4.20. The topological polar surface area (TPSA) is 35.2 Å². The van der Waals surface area contributed by atoms with Gasteiger partial charge in [0.25, 0.3) is 0 Å². The summed E-state index contributed by atoms with van der Waals surface area (Å²) in [6.45, 7) is 2.49. The van der Waals surface area contributed by atoms with E-state index in [1.807, 2.05) is 31.2 Å². The number of methoxy groups -OCH3 is 1. The summed E-state index contributed by atoms with van der Waals surface area (Å²) in [6.07, 6.45) is 0. The van der Waals surface area contributed by atoms with Gasteiger partial charge in [-0.3, -0.25) is 0 Å². The lowest BCUT2D eigenvalue weighted by Gasteiger charge is -2.13. The first-order valence-corrected chi connectivity index (χ1v) is 6.17. The summed E-state index contributed by atoms with van der Waals surface area (Å²) in [5.74, 6) is 0.871. The van der Waals surface area contributed by atoms with Gasteiger partial charge in [0, 0.05) is 17.1 Å². The maximum absolute atomic E-state index is 5.90. The molecule has 2 N–H and O–H groups in total. The van der Waals surface area contributed by atoms with Gasteiger partial charge >= 0.3 is 0 Å². The van der Waals surface area contributed by atoms with Crippen LogP contribution in [0.2, 0.25) is 5.02 Å². The summed E-state index contributed by atoms with van der Waals surface area (Å²) >= 11 is 5.90. The number of benzene rings is 2. The number of ether oxygens (including phenoxy) is 1. The molecule has 0 bridgehead atoms. The summed E-state index contributed by atoms with van der Waals surface area (Å²) in [4.78, 5) is 0. The molecule has 2 aromatic rings. The Balaban J connectivity index is 2.52. The average Bonchev–Trinajstić information content (AvgIpc) is 2.38. The van der Waals surface area contributed by atoms with Crippen LogP contribution in [0.3, 0.4) is 0 Å². The lowest BCUT2D eigenvalue weighted by molar-refractivity contribution is 0.407. The molecule has 0 heterocycles. The van der Waals surface area contributed by atoms with Crippen molar-refractivity contribution in [2.45, 2.75) is 13.5 Å². The predicted molar refractivity (Wildman–Crippen MR) is 76.1 cm³/mol. The summed E-state index contributed by atoms with van der Waals surface area (Å²) in [5, 5.41) is 0.739. The second-order valence-corrected chi connectivity index (χ2v) is 4.63. The highest BCUT2D eigenvalue weighted by molar-refractivity contribution is 6.30. The highest BCUT2D eigenvalue weighted by atomic mass is 35.5. The van der Waals surface area contributed by atoms with Crippen LogP contribution in [0.25, 0.3) is 11.1 Å². The Kier molecular flexibility index (Phi) is 3.90. The van der Waals surface area contributed by atoms with E-state index in [4.69, 9.17) is 22.1 Å². The van der Waals surface area contributed by atoms with Gasteiger partial charge in [0.1, 0.15) is 5.75 Å². The Hall–Kier alpha value is -1.51. The fourth-order valence-corrected chi connectivity index (χ4v) is 2.23. The maximum Gasteiger partial charge on any atom is 0.126 e. The predicted octanol–water partition coefficient (Wildman–Crippen LogP) is 3.78. The Morgan fingerprint density at radius 3 is 2.33 bits per heavy atom. The van der Waals surface area contributed by atoms with Gasteiger partial charge in [0.15, 0.2) is 0 Å².